The minimum Gasteiger partial charge on any atom is -0.494 e. The molecule has 112 valence electrons. The summed E-state index contributed by atoms with van der Waals surface area (Å²) in [6, 6.07) is 6.46. The van der Waals surface area contributed by atoms with E-state index in [-0.39, 0.29) is 0 Å². The van der Waals surface area contributed by atoms with E-state index in [1.165, 1.54) is 22.7 Å². The molecular weight excluding hydrogens is 282 g/mol. The Morgan fingerprint density at radius 3 is 2.95 bits per heavy atom. The van der Waals surface area contributed by atoms with Crippen LogP contribution in [0.15, 0.2) is 18.2 Å². The largest absolute Gasteiger partial charge is 0.494 e. The summed E-state index contributed by atoms with van der Waals surface area (Å²) < 4.78 is 10.1. The van der Waals surface area contributed by atoms with E-state index < -0.39 is 0 Å². The van der Waals surface area contributed by atoms with Crippen LogP contribution >= 0.6 is 11.5 Å². The van der Waals surface area contributed by atoms with Crippen LogP contribution in [0.25, 0.3) is 0 Å². The van der Waals surface area contributed by atoms with E-state index in [4.69, 9.17) is 4.74 Å². The molecule has 3 rings (SSSR count). The normalized spacial score (nSPS) is 14.1. The third-order valence-corrected chi connectivity index (χ3v) is 4.52. The van der Waals surface area contributed by atoms with Crippen LogP contribution < -0.4 is 9.64 Å². The predicted molar refractivity (Wildman–Crippen MR) is 86.3 cm³/mol. The first-order chi connectivity index (χ1) is 10.3. The minimum absolute atomic E-state index is 0.787. The lowest BCUT2D eigenvalue weighted by Gasteiger charge is -2.28. The van der Waals surface area contributed by atoms with E-state index in [1.54, 1.807) is 0 Å². The summed E-state index contributed by atoms with van der Waals surface area (Å²) in [5.74, 6) is 1.94. The first kappa shape index (κ1) is 14.3. The van der Waals surface area contributed by atoms with Gasteiger partial charge in [0.25, 0.3) is 0 Å². The molecule has 0 radical (unpaired) electrons. The average molecular weight is 303 g/mol. The molecule has 0 saturated heterocycles. The summed E-state index contributed by atoms with van der Waals surface area (Å²) in [4.78, 5) is 6.92. The summed E-state index contributed by atoms with van der Waals surface area (Å²) in [6.45, 7) is 6.93. The maximum Gasteiger partial charge on any atom is 0.205 e. The number of aromatic nitrogens is 2. The molecule has 0 atom stereocenters. The molecule has 0 unspecified atom stereocenters. The molecule has 21 heavy (non-hydrogen) atoms. The second-order valence-electron chi connectivity index (χ2n) is 5.30. The molecule has 0 amide bonds. The fourth-order valence-electron chi connectivity index (χ4n) is 2.52. The van der Waals surface area contributed by atoms with Gasteiger partial charge in [-0.05, 0) is 36.1 Å². The summed E-state index contributed by atoms with van der Waals surface area (Å²) in [6.07, 6.45) is 2.99. The number of benzene rings is 1. The smallest absolute Gasteiger partial charge is 0.205 e. The summed E-state index contributed by atoms with van der Waals surface area (Å²) >= 11 is 1.51. The second-order valence-corrected chi connectivity index (χ2v) is 6.03. The van der Waals surface area contributed by atoms with Crippen molar-refractivity contribution in [1.29, 1.82) is 0 Å². The van der Waals surface area contributed by atoms with E-state index in [1.807, 2.05) is 0 Å². The van der Waals surface area contributed by atoms with Crippen LogP contribution in [0.5, 0.6) is 5.75 Å². The number of aryl methyl sites for hydroxylation is 1. The quantitative estimate of drug-likeness (QED) is 0.848. The third kappa shape index (κ3) is 3.18. The molecule has 2 heterocycles. The Bertz CT molecular complexity index is 611. The molecule has 2 aromatic rings. The van der Waals surface area contributed by atoms with Crippen LogP contribution in [0.4, 0.5) is 5.13 Å². The second kappa shape index (κ2) is 6.43. The van der Waals surface area contributed by atoms with Crippen LogP contribution in [-0.2, 0) is 19.4 Å². The monoisotopic (exact) mass is 303 g/mol. The molecule has 0 spiro atoms. The maximum atomic E-state index is 5.72. The number of nitrogens with zero attached hydrogens (tertiary/aromatic N) is 3. The molecule has 0 fully saturated rings. The highest BCUT2D eigenvalue weighted by molar-refractivity contribution is 7.09. The van der Waals surface area contributed by atoms with Gasteiger partial charge in [-0.3, -0.25) is 0 Å². The molecular formula is C16H21N3OS. The lowest BCUT2D eigenvalue weighted by molar-refractivity contribution is 0.317. The molecule has 1 aromatic heterocycles. The van der Waals surface area contributed by atoms with Crippen molar-refractivity contribution in [1.82, 2.24) is 9.36 Å². The molecule has 0 N–H and O–H groups in total. The van der Waals surface area contributed by atoms with Crippen molar-refractivity contribution in [3.63, 3.8) is 0 Å². The highest BCUT2D eigenvalue weighted by Crippen LogP contribution is 2.28. The number of rotatable bonds is 5. The highest BCUT2D eigenvalue weighted by atomic mass is 32.1. The Balaban J connectivity index is 1.73. The van der Waals surface area contributed by atoms with Gasteiger partial charge in [0.15, 0.2) is 0 Å². The number of ether oxygens (including phenoxy) is 1. The zero-order chi connectivity index (χ0) is 14.7. The standard InChI is InChI=1S/C16H21N3OS/c1-3-9-20-14-6-5-13-11-19(8-7-12(13)10-14)16-17-15(4-2)18-21-16/h5-6,10H,3-4,7-9,11H2,1-2H3. The van der Waals surface area contributed by atoms with E-state index in [0.717, 1.165) is 55.7 Å². The van der Waals surface area contributed by atoms with Gasteiger partial charge in [0.2, 0.25) is 5.13 Å². The third-order valence-electron chi connectivity index (χ3n) is 3.71. The van der Waals surface area contributed by atoms with Gasteiger partial charge in [0.1, 0.15) is 11.6 Å². The first-order valence-corrected chi connectivity index (χ1v) is 8.39. The van der Waals surface area contributed by atoms with Crippen molar-refractivity contribution in [3.8, 4) is 5.75 Å². The molecule has 0 aliphatic carbocycles. The zero-order valence-corrected chi connectivity index (χ0v) is 13.4. The number of anilines is 1. The van der Waals surface area contributed by atoms with Crippen molar-refractivity contribution in [2.24, 2.45) is 0 Å². The molecule has 4 nitrogen and oxygen atoms in total. The Morgan fingerprint density at radius 2 is 2.19 bits per heavy atom. The van der Waals surface area contributed by atoms with Crippen LogP contribution in [0.2, 0.25) is 0 Å². The van der Waals surface area contributed by atoms with Gasteiger partial charge in [-0.25, -0.2) is 4.98 Å². The van der Waals surface area contributed by atoms with Crippen LogP contribution in [0, 0.1) is 0 Å². The highest BCUT2D eigenvalue weighted by Gasteiger charge is 2.19. The predicted octanol–water partition coefficient (Wildman–Crippen LogP) is 3.45. The summed E-state index contributed by atoms with van der Waals surface area (Å²) in [5.41, 5.74) is 2.78. The number of hydrogen-bond donors (Lipinski definition) is 0. The summed E-state index contributed by atoms with van der Waals surface area (Å²) in [7, 11) is 0. The van der Waals surface area contributed by atoms with Gasteiger partial charge in [-0.1, -0.05) is 19.9 Å². The number of fused-ring (bicyclic) bond motifs is 1. The van der Waals surface area contributed by atoms with Gasteiger partial charge in [0, 0.05) is 31.0 Å². The van der Waals surface area contributed by atoms with E-state index in [9.17, 15) is 0 Å². The van der Waals surface area contributed by atoms with Crippen LogP contribution in [-0.4, -0.2) is 22.5 Å². The molecule has 1 aliphatic heterocycles. The van der Waals surface area contributed by atoms with Gasteiger partial charge in [-0.15, -0.1) is 0 Å². The van der Waals surface area contributed by atoms with E-state index >= 15 is 0 Å². The van der Waals surface area contributed by atoms with Gasteiger partial charge < -0.3 is 9.64 Å². The molecule has 1 aliphatic rings. The topological polar surface area (TPSA) is 38.2 Å². The molecule has 5 heteroatoms. The Labute approximate surface area is 129 Å². The fourth-order valence-corrected chi connectivity index (χ4v) is 3.29. The van der Waals surface area contributed by atoms with E-state index in [0.29, 0.717) is 0 Å². The maximum absolute atomic E-state index is 5.72. The Morgan fingerprint density at radius 1 is 1.29 bits per heavy atom. The zero-order valence-electron chi connectivity index (χ0n) is 12.6. The minimum atomic E-state index is 0.787. The van der Waals surface area contributed by atoms with Gasteiger partial charge >= 0.3 is 0 Å². The Kier molecular flexibility index (Phi) is 4.39. The first-order valence-electron chi connectivity index (χ1n) is 7.62. The molecule has 1 aromatic carbocycles. The average Bonchev–Trinajstić information content (AvgIpc) is 3.01. The van der Waals surface area contributed by atoms with Gasteiger partial charge in [-0.2, -0.15) is 4.37 Å². The summed E-state index contributed by atoms with van der Waals surface area (Å²) in [5, 5.41) is 1.05. The molecule has 0 saturated carbocycles. The van der Waals surface area contributed by atoms with Crippen molar-refractivity contribution >= 4 is 16.7 Å². The van der Waals surface area contributed by atoms with Crippen LogP contribution in [0.3, 0.4) is 0 Å². The van der Waals surface area contributed by atoms with Crippen molar-refractivity contribution in [2.75, 3.05) is 18.1 Å². The van der Waals surface area contributed by atoms with E-state index in [2.05, 4.69) is 46.3 Å². The van der Waals surface area contributed by atoms with Crippen molar-refractivity contribution < 1.29 is 4.74 Å². The number of hydrogen-bond acceptors (Lipinski definition) is 5. The fraction of sp³-hybridized carbons (Fsp3) is 0.500. The van der Waals surface area contributed by atoms with Crippen molar-refractivity contribution in [2.45, 2.75) is 39.7 Å². The van der Waals surface area contributed by atoms with Crippen molar-refractivity contribution in [3.05, 3.63) is 35.2 Å². The lowest BCUT2D eigenvalue weighted by Crippen LogP contribution is -2.30. The Hall–Kier alpha value is -1.62. The SMILES string of the molecule is CCCOc1ccc2c(c1)CCN(c1nc(CC)ns1)C2. The lowest BCUT2D eigenvalue weighted by atomic mass is 10.00. The molecule has 0 bridgehead atoms. The van der Waals surface area contributed by atoms with Crippen LogP contribution in [0.1, 0.15) is 37.2 Å². The van der Waals surface area contributed by atoms with Gasteiger partial charge in [0.05, 0.1) is 6.61 Å².